The fraction of sp³-hybridized carbons (Fsp3) is 0.647. The molecule has 0 bridgehead atoms. The summed E-state index contributed by atoms with van der Waals surface area (Å²) in [5.41, 5.74) is 1.18. The van der Waals surface area contributed by atoms with Crippen LogP contribution in [-0.4, -0.2) is 45.3 Å². The fourth-order valence-corrected chi connectivity index (χ4v) is 2.82. The number of nitrogens with one attached hydrogen (secondary N) is 1. The lowest BCUT2D eigenvalue weighted by Crippen LogP contribution is -2.34. The number of benzene rings is 1. The minimum atomic E-state index is 0.288. The molecular weight excluding hydrogens is 284 g/mol. The van der Waals surface area contributed by atoms with Gasteiger partial charge in [0, 0.05) is 37.8 Å². The Kier molecular flexibility index (Phi) is 8.93. The quantitative estimate of drug-likeness (QED) is 0.714. The number of halogens is 1. The summed E-state index contributed by atoms with van der Waals surface area (Å²) in [6.45, 7) is 8.41. The summed E-state index contributed by atoms with van der Waals surface area (Å²) in [5.74, 6) is 0.662. The summed E-state index contributed by atoms with van der Waals surface area (Å²) in [4.78, 5) is 2.47. The monoisotopic (exact) mass is 312 g/mol. The van der Waals surface area contributed by atoms with Crippen molar-refractivity contribution in [3.8, 4) is 0 Å². The first-order chi connectivity index (χ1) is 10.1. The number of nitrogens with zero attached hydrogens (tertiary/aromatic N) is 1. The number of ether oxygens (including phenoxy) is 1. The van der Waals surface area contributed by atoms with Crippen LogP contribution in [0.4, 0.5) is 0 Å². The molecule has 1 aromatic carbocycles. The molecule has 0 saturated carbocycles. The molecule has 1 N–H and O–H groups in total. The molecule has 120 valence electrons. The van der Waals surface area contributed by atoms with Crippen LogP contribution in [0.25, 0.3) is 0 Å². The predicted octanol–water partition coefficient (Wildman–Crippen LogP) is 3.60. The van der Waals surface area contributed by atoms with Crippen LogP contribution >= 0.6 is 11.6 Å². The van der Waals surface area contributed by atoms with E-state index in [9.17, 15) is 0 Å². The summed E-state index contributed by atoms with van der Waals surface area (Å²) in [5, 5.41) is 4.22. The molecule has 0 aliphatic heterocycles. The molecule has 1 atom stereocenters. The topological polar surface area (TPSA) is 24.5 Å². The van der Waals surface area contributed by atoms with Crippen molar-refractivity contribution in [1.29, 1.82) is 0 Å². The van der Waals surface area contributed by atoms with Crippen molar-refractivity contribution >= 4 is 11.6 Å². The summed E-state index contributed by atoms with van der Waals surface area (Å²) < 4.78 is 5.21. The van der Waals surface area contributed by atoms with E-state index in [2.05, 4.69) is 30.1 Å². The molecule has 3 nitrogen and oxygen atoms in total. The third-order valence-electron chi connectivity index (χ3n) is 3.60. The predicted molar refractivity (Wildman–Crippen MR) is 91.0 cm³/mol. The first-order valence-electron chi connectivity index (χ1n) is 7.71. The maximum Gasteiger partial charge on any atom is 0.0589 e. The Bertz CT molecular complexity index is 398. The Labute approximate surface area is 134 Å². The van der Waals surface area contributed by atoms with E-state index in [-0.39, 0.29) is 6.04 Å². The highest BCUT2D eigenvalue weighted by atomic mass is 35.5. The van der Waals surface area contributed by atoms with E-state index in [1.54, 1.807) is 7.11 Å². The molecule has 0 aromatic heterocycles. The summed E-state index contributed by atoms with van der Waals surface area (Å²) in [7, 11) is 3.75. The van der Waals surface area contributed by atoms with Crippen molar-refractivity contribution in [3.05, 3.63) is 34.9 Å². The minimum Gasteiger partial charge on any atom is -0.383 e. The second-order valence-electron chi connectivity index (χ2n) is 5.84. The smallest absolute Gasteiger partial charge is 0.0589 e. The van der Waals surface area contributed by atoms with E-state index in [0.29, 0.717) is 5.92 Å². The van der Waals surface area contributed by atoms with Gasteiger partial charge in [0.05, 0.1) is 6.61 Å². The second-order valence-corrected chi connectivity index (χ2v) is 6.25. The van der Waals surface area contributed by atoms with Crippen molar-refractivity contribution in [2.24, 2.45) is 5.92 Å². The van der Waals surface area contributed by atoms with Gasteiger partial charge < -0.3 is 15.0 Å². The number of hydrogen-bond donors (Lipinski definition) is 1. The maximum absolute atomic E-state index is 6.31. The highest BCUT2D eigenvalue weighted by molar-refractivity contribution is 6.31. The van der Waals surface area contributed by atoms with Crippen LogP contribution in [0.15, 0.2) is 24.3 Å². The minimum absolute atomic E-state index is 0.288. The molecule has 4 heteroatoms. The summed E-state index contributed by atoms with van der Waals surface area (Å²) in [6, 6.07) is 8.37. The molecule has 0 fully saturated rings. The molecule has 0 radical (unpaired) electrons. The third-order valence-corrected chi connectivity index (χ3v) is 3.94. The molecule has 1 unspecified atom stereocenters. The van der Waals surface area contributed by atoms with Crippen LogP contribution < -0.4 is 5.32 Å². The van der Waals surface area contributed by atoms with Gasteiger partial charge >= 0.3 is 0 Å². The maximum atomic E-state index is 6.31. The summed E-state index contributed by atoms with van der Waals surface area (Å²) in [6.07, 6.45) is 1.04. The van der Waals surface area contributed by atoms with E-state index < -0.39 is 0 Å². The van der Waals surface area contributed by atoms with Gasteiger partial charge in [-0.25, -0.2) is 0 Å². The molecule has 0 amide bonds. The standard InChI is InChI=1S/C17H29ClN2O/c1-14(2)13-20(11-12-21-4)10-9-17(19-3)15-7-5-6-8-16(15)18/h5-8,14,17,19H,9-13H2,1-4H3. The first kappa shape index (κ1) is 18.4. The average molecular weight is 313 g/mol. The van der Waals surface area contributed by atoms with Gasteiger partial charge in [-0.3, -0.25) is 0 Å². The Balaban J connectivity index is 2.60. The van der Waals surface area contributed by atoms with Gasteiger partial charge in [0.1, 0.15) is 0 Å². The SMILES string of the molecule is CNC(CCN(CCOC)CC(C)C)c1ccccc1Cl. The number of methoxy groups -OCH3 is 1. The lowest BCUT2D eigenvalue weighted by atomic mass is 10.0. The summed E-state index contributed by atoms with van der Waals surface area (Å²) >= 11 is 6.31. The first-order valence-corrected chi connectivity index (χ1v) is 8.09. The average Bonchev–Trinajstić information content (AvgIpc) is 2.46. The number of rotatable bonds is 10. The molecule has 0 aliphatic carbocycles. The zero-order valence-electron chi connectivity index (χ0n) is 13.7. The largest absolute Gasteiger partial charge is 0.383 e. The van der Waals surface area contributed by atoms with Crippen LogP contribution in [0.3, 0.4) is 0 Å². The molecule has 0 heterocycles. The van der Waals surface area contributed by atoms with Gasteiger partial charge in [-0.2, -0.15) is 0 Å². The van der Waals surface area contributed by atoms with Crippen molar-refractivity contribution in [2.75, 3.05) is 40.4 Å². The van der Waals surface area contributed by atoms with Crippen LogP contribution in [-0.2, 0) is 4.74 Å². The van der Waals surface area contributed by atoms with Crippen molar-refractivity contribution in [3.63, 3.8) is 0 Å². The van der Waals surface area contributed by atoms with Gasteiger partial charge in [0.2, 0.25) is 0 Å². The van der Waals surface area contributed by atoms with E-state index in [1.165, 1.54) is 5.56 Å². The molecule has 0 aliphatic rings. The Hall–Kier alpha value is -0.610. The second kappa shape index (κ2) is 10.2. The lowest BCUT2D eigenvalue weighted by molar-refractivity contribution is 0.137. The van der Waals surface area contributed by atoms with Gasteiger partial charge in [-0.05, 0) is 31.0 Å². The zero-order chi connectivity index (χ0) is 15.7. The fourth-order valence-electron chi connectivity index (χ4n) is 2.56. The van der Waals surface area contributed by atoms with Crippen molar-refractivity contribution in [2.45, 2.75) is 26.3 Å². The molecule has 0 spiro atoms. The van der Waals surface area contributed by atoms with Gasteiger partial charge in [-0.15, -0.1) is 0 Å². The van der Waals surface area contributed by atoms with Gasteiger partial charge in [0.25, 0.3) is 0 Å². The van der Waals surface area contributed by atoms with Crippen molar-refractivity contribution in [1.82, 2.24) is 10.2 Å². The highest BCUT2D eigenvalue weighted by Gasteiger charge is 2.15. The molecule has 1 rings (SSSR count). The molecule has 21 heavy (non-hydrogen) atoms. The highest BCUT2D eigenvalue weighted by Crippen LogP contribution is 2.25. The van der Waals surface area contributed by atoms with Crippen LogP contribution in [0.2, 0.25) is 5.02 Å². The zero-order valence-corrected chi connectivity index (χ0v) is 14.5. The van der Waals surface area contributed by atoms with Crippen LogP contribution in [0.1, 0.15) is 31.9 Å². The Morgan fingerprint density at radius 3 is 2.52 bits per heavy atom. The van der Waals surface area contributed by atoms with Crippen molar-refractivity contribution < 1.29 is 4.74 Å². The molecule has 0 saturated heterocycles. The van der Waals surface area contributed by atoms with Crippen LogP contribution in [0.5, 0.6) is 0 Å². The normalized spacial score (nSPS) is 13.1. The molecule has 1 aromatic rings. The van der Waals surface area contributed by atoms with Gasteiger partial charge in [0.15, 0.2) is 0 Å². The van der Waals surface area contributed by atoms with E-state index in [0.717, 1.165) is 37.7 Å². The van der Waals surface area contributed by atoms with Crippen LogP contribution in [0, 0.1) is 5.92 Å². The Morgan fingerprint density at radius 2 is 1.95 bits per heavy atom. The lowest BCUT2D eigenvalue weighted by Gasteiger charge is -2.26. The van der Waals surface area contributed by atoms with E-state index in [4.69, 9.17) is 16.3 Å². The van der Waals surface area contributed by atoms with E-state index in [1.807, 2.05) is 25.2 Å². The Morgan fingerprint density at radius 1 is 1.24 bits per heavy atom. The van der Waals surface area contributed by atoms with E-state index >= 15 is 0 Å². The third kappa shape index (κ3) is 6.79. The molecular formula is C17H29ClN2O. The number of hydrogen-bond acceptors (Lipinski definition) is 3. The van der Waals surface area contributed by atoms with Gasteiger partial charge in [-0.1, -0.05) is 43.6 Å².